The van der Waals surface area contributed by atoms with Crippen LogP contribution in [0.2, 0.25) is 0 Å². The molecule has 0 spiro atoms. The molecule has 0 unspecified atom stereocenters. The SMILES string of the molecule is CC(C)NCc1ccc(C[C@H]2C(=O)N[C@@H]([C@@H](C)O)C(=O)N[C@@H](Cc3ccccc3)C(=O)N[C@@H]([C@@H](C)O)C(=O)N[C@@H](CO)C(=O)N[C@H](C(N)=O)CSSC[C@H](NC(=O)[C@@H](N)Cc3ccc(O)c(I)c3)C(=O)N[C@@H](CCCCN)C(=O)N[C@@H](Cc3ccccc3)C(=O)N[C@@H](Cc3ccccc3)C(=O)N[C@H](Cc3c[nH]c4ccccc34)C(=O)N2C)cc1. The van der Waals surface area contributed by atoms with Gasteiger partial charge < -0.3 is 106 Å². The first kappa shape index (κ1) is 94.0. The zero-order chi connectivity index (χ0) is 86.4. The van der Waals surface area contributed by atoms with Crippen LogP contribution in [0.4, 0.5) is 0 Å². The molecule has 35 heteroatoms. The number of nitrogens with zero attached hydrogens (tertiary/aromatic N) is 1. The number of fused-ring (bicyclic) bond motifs is 1. The molecule has 0 bridgehead atoms. The monoisotopic (exact) mass is 1790 g/mol. The summed E-state index contributed by atoms with van der Waals surface area (Å²) in [6.45, 7) is 5.84. The number of nitrogens with one attached hydrogen (secondary N) is 12. The number of unbranched alkanes of at least 4 members (excludes halogenated alkanes) is 1. The highest BCUT2D eigenvalue weighted by molar-refractivity contribution is 14.1. The van der Waals surface area contributed by atoms with Gasteiger partial charge in [-0.3, -0.25) is 57.5 Å². The van der Waals surface area contributed by atoms with Gasteiger partial charge in [-0.2, -0.15) is 0 Å². The smallest absolute Gasteiger partial charge is 0.245 e. The molecule has 0 radical (unpaired) electrons. The van der Waals surface area contributed by atoms with Gasteiger partial charge in [-0.1, -0.05) is 175 Å². The number of amides is 12. The Morgan fingerprint density at radius 2 is 0.992 bits per heavy atom. The summed E-state index contributed by atoms with van der Waals surface area (Å²) in [7, 11) is 3.12. The van der Waals surface area contributed by atoms with Crippen molar-refractivity contribution in [2.24, 2.45) is 17.2 Å². The minimum Gasteiger partial charge on any atom is -0.507 e. The highest BCUT2D eigenvalue weighted by atomic mass is 127. The number of para-hydroxylation sites is 1. The van der Waals surface area contributed by atoms with E-state index in [2.05, 4.69) is 63.5 Å². The number of nitrogens with two attached hydrogens (primary N) is 3. The molecule has 1 aliphatic rings. The average molecular weight is 1790 g/mol. The number of aromatic amines is 1. The molecule has 12 amide bonds. The van der Waals surface area contributed by atoms with Gasteiger partial charge in [0.15, 0.2) is 0 Å². The zero-order valence-electron chi connectivity index (χ0n) is 66.7. The second kappa shape index (κ2) is 46.7. The Hall–Kier alpha value is -10.5. The predicted molar refractivity (Wildman–Crippen MR) is 460 cm³/mol. The molecule has 0 saturated carbocycles. The first-order valence-electron chi connectivity index (χ1n) is 39.1. The van der Waals surface area contributed by atoms with Gasteiger partial charge in [0.25, 0.3) is 0 Å². The largest absolute Gasteiger partial charge is 0.507 e. The Labute approximate surface area is 711 Å². The highest BCUT2D eigenvalue weighted by Gasteiger charge is 2.41. The number of H-pyrrole nitrogens is 1. The maximum absolute atomic E-state index is 16.0. The molecule has 1 fully saturated rings. The molecule has 119 heavy (non-hydrogen) atoms. The van der Waals surface area contributed by atoms with Crippen molar-refractivity contribution < 1.29 is 78.0 Å². The van der Waals surface area contributed by atoms with E-state index < -0.39 is 162 Å². The highest BCUT2D eigenvalue weighted by Crippen LogP contribution is 2.26. The van der Waals surface area contributed by atoms with Crippen molar-refractivity contribution >= 4 is 126 Å². The van der Waals surface area contributed by atoms with Crippen LogP contribution in [-0.2, 0) is 103 Å². The Bertz CT molecular complexity index is 4590. The quantitative estimate of drug-likeness (QED) is 0.0210. The van der Waals surface area contributed by atoms with Crippen LogP contribution in [0.15, 0.2) is 164 Å². The van der Waals surface area contributed by atoms with Gasteiger partial charge in [-0.05, 0) is 126 Å². The van der Waals surface area contributed by atoms with E-state index in [0.29, 0.717) is 60.8 Å². The number of likely N-dealkylation sites (N-methyl/N-ethyl adjacent to an activating group) is 1. The van der Waals surface area contributed by atoms with Gasteiger partial charge in [-0.15, -0.1) is 0 Å². The van der Waals surface area contributed by atoms with Crippen molar-refractivity contribution in [3.8, 4) is 5.75 Å². The number of primary amides is 1. The van der Waals surface area contributed by atoms with Crippen LogP contribution < -0.4 is 75.7 Å². The van der Waals surface area contributed by atoms with Crippen molar-refractivity contribution in [2.75, 3.05) is 31.7 Å². The topological polar surface area (TPSA) is 515 Å². The van der Waals surface area contributed by atoms with Gasteiger partial charge in [0.05, 0.1) is 28.4 Å². The third-order valence-electron chi connectivity index (χ3n) is 19.9. The molecule has 1 aliphatic heterocycles. The molecule has 1 saturated heterocycles. The molecular formula is C84H107IN16O16S2. The van der Waals surface area contributed by atoms with E-state index in [-0.39, 0.29) is 81.2 Å². The lowest BCUT2D eigenvalue weighted by Gasteiger charge is -2.33. The zero-order valence-corrected chi connectivity index (χ0v) is 70.5. The summed E-state index contributed by atoms with van der Waals surface area (Å²) in [6.07, 6.45) is -2.53. The van der Waals surface area contributed by atoms with E-state index in [4.69, 9.17) is 17.2 Å². The van der Waals surface area contributed by atoms with Crippen LogP contribution in [0.25, 0.3) is 10.9 Å². The molecule has 6 aromatic carbocycles. The van der Waals surface area contributed by atoms with E-state index in [1.807, 2.05) is 60.7 Å². The van der Waals surface area contributed by atoms with E-state index in [0.717, 1.165) is 39.0 Å². The van der Waals surface area contributed by atoms with Gasteiger partial charge >= 0.3 is 0 Å². The normalized spacial score (nSPS) is 22.7. The Balaban J connectivity index is 1.24. The second-order valence-corrected chi connectivity index (χ2v) is 33.3. The van der Waals surface area contributed by atoms with Gasteiger partial charge in [-0.25, -0.2) is 0 Å². The number of aromatic nitrogens is 1. The number of carbonyl (C=O) groups is 12. The van der Waals surface area contributed by atoms with E-state index in [9.17, 15) is 49.2 Å². The first-order chi connectivity index (χ1) is 56.9. The van der Waals surface area contributed by atoms with Crippen LogP contribution >= 0.6 is 44.2 Å². The number of aromatic hydroxyl groups is 1. The molecule has 14 atom stereocenters. The number of benzene rings is 6. The van der Waals surface area contributed by atoms with Crippen molar-refractivity contribution in [2.45, 2.75) is 183 Å². The summed E-state index contributed by atoms with van der Waals surface area (Å²) in [5.41, 5.74) is 23.0. The third-order valence-corrected chi connectivity index (χ3v) is 23.2. The second-order valence-electron chi connectivity index (χ2n) is 29.6. The van der Waals surface area contributed by atoms with Crippen LogP contribution in [0, 0.1) is 3.57 Å². The number of phenolic OH excluding ortho intramolecular Hbond substituents is 1. The number of carbonyl (C=O) groups excluding carboxylic acids is 12. The van der Waals surface area contributed by atoms with Crippen LogP contribution in [-0.4, -0.2) is 224 Å². The lowest BCUT2D eigenvalue weighted by Crippen LogP contribution is -2.63. The van der Waals surface area contributed by atoms with Gasteiger partial charge in [0, 0.05) is 80.3 Å². The fourth-order valence-corrected chi connectivity index (χ4v) is 16.0. The molecule has 638 valence electrons. The Morgan fingerprint density at radius 3 is 1.52 bits per heavy atom. The standard InChI is InChI=1S/C84H107IN16O16S2/c1-47(2)89-42-54-30-28-53(29-31-54)40-69-81(114)100-72(49(4)104)82(115)94-64(39-52-23-13-8-14-24-52)78(111)99-71(48(3)103)83(116)96-66(44-102)79(112)97-67(73(88)106)45-118-119-46-68(98-74(107)59(87)36-55-32-33-70(105)58(85)35-55)80(113)91-61(27-17-18-34-86)75(108)92-62(37-50-19-9-6-10-20-50)76(109)93-63(38-51-21-11-7-12-22-51)77(110)95-65(84(117)101(69)5)41-56-43-90-60-26-16-15-25-57(56)60/h6-16,19-26,28-33,35,43,47-49,59,61-69,71-72,89-90,102-105H,17-18,27,34,36-42,44-46,86-87H2,1-5H3,(H2,88,106)(H,91,113)(H,92,108)(H,93,109)(H,94,115)(H,95,110)(H,96,116)(H,97,112)(H,98,107)(H,99,111)(H,100,114)/t48-,49-,59+,61+,62+,63+,64+,65-,66+,67+,68+,69+,71+,72+/m1/s1. The molecule has 2 heterocycles. The lowest BCUT2D eigenvalue weighted by molar-refractivity contribution is -0.143. The van der Waals surface area contributed by atoms with E-state index in [1.165, 1.54) is 20.0 Å². The number of hydrogen-bond acceptors (Lipinski definition) is 21. The van der Waals surface area contributed by atoms with Gasteiger partial charge in [0.1, 0.15) is 72.2 Å². The number of phenols is 1. The molecule has 1 aromatic heterocycles. The van der Waals surface area contributed by atoms with Gasteiger partial charge in [0.2, 0.25) is 70.9 Å². The van der Waals surface area contributed by atoms with Crippen LogP contribution in [0.3, 0.4) is 0 Å². The van der Waals surface area contributed by atoms with Crippen molar-refractivity contribution in [3.05, 3.63) is 206 Å². The van der Waals surface area contributed by atoms with Crippen molar-refractivity contribution in [3.63, 3.8) is 0 Å². The number of hydrogen-bond donors (Lipinski definition) is 19. The van der Waals surface area contributed by atoms with Crippen molar-refractivity contribution in [1.29, 1.82) is 0 Å². The fraction of sp³-hybridized carbons (Fsp3) is 0.405. The molecule has 32 nitrogen and oxygen atoms in total. The summed E-state index contributed by atoms with van der Waals surface area (Å²) in [5.74, 6) is -12.7. The number of aliphatic hydroxyl groups is 3. The fourth-order valence-electron chi connectivity index (χ4n) is 13.1. The maximum Gasteiger partial charge on any atom is 0.245 e. The lowest BCUT2D eigenvalue weighted by atomic mass is 9.98. The summed E-state index contributed by atoms with van der Waals surface area (Å²) in [5, 5.41) is 74.0. The van der Waals surface area contributed by atoms with E-state index in [1.54, 1.807) is 134 Å². The molecular weight excluding hydrogens is 1680 g/mol. The molecule has 0 aliphatic carbocycles. The minimum absolute atomic E-state index is 0.0121. The number of rotatable bonds is 25. The molecule has 8 rings (SSSR count). The first-order valence-corrected chi connectivity index (χ1v) is 42.7. The Kier molecular flexibility index (Phi) is 36.9. The van der Waals surface area contributed by atoms with E-state index >= 15 is 28.8 Å². The predicted octanol–water partition coefficient (Wildman–Crippen LogP) is 0.498. The van der Waals surface area contributed by atoms with Crippen LogP contribution in [0.1, 0.15) is 85.9 Å². The molecule has 7 aromatic rings. The third kappa shape index (κ3) is 28.9. The summed E-state index contributed by atoms with van der Waals surface area (Å²) in [6, 6.07) is 25.1. The number of aliphatic hydroxyl groups excluding tert-OH is 3. The summed E-state index contributed by atoms with van der Waals surface area (Å²) in [4.78, 5) is 183. The Morgan fingerprint density at radius 1 is 0.529 bits per heavy atom. The summed E-state index contributed by atoms with van der Waals surface area (Å²) < 4.78 is 0.470. The number of halogens is 1. The molecule has 22 N–H and O–H groups in total. The van der Waals surface area contributed by atoms with Crippen LogP contribution in [0.5, 0.6) is 5.75 Å². The van der Waals surface area contributed by atoms with Crippen molar-refractivity contribution in [1.82, 2.24) is 68.4 Å². The summed E-state index contributed by atoms with van der Waals surface area (Å²) >= 11 is 1.91. The average Bonchev–Trinajstić information content (AvgIpc) is 1.80. The minimum atomic E-state index is -1.94. The maximum atomic E-state index is 16.0.